The van der Waals surface area contributed by atoms with Gasteiger partial charge in [-0.25, -0.2) is 0 Å². The number of alkyl halides is 3. The molecule has 0 saturated heterocycles. The van der Waals surface area contributed by atoms with Crippen LogP contribution in [0.15, 0.2) is 18.2 Å². The van der Waals surface area contributed by atoms with Crippen molar-refractivity contribution in [2.45, 2.75) is 32.0 Å². The molecule has 0 aliphatic heterocycles. The molecule has 1 aromatic carbocycles. The standard InChI is InChI=1S/C11H15F3N2/c1-7(15)2-3-8-6-9(11(12,13)14)4-5-10(8)16/h4-7H,2-3,15-16H2,1H3. The monoisotopic (exact) mass is 232 g/mol. The summed E-state index contributed by atoms with van der Waals surface area (Å²) in [5.74, 6) is 0. The van der Waals surface area contributed by atoms with E-state index in [1.54, 1.807) is 0 Å². The Kier molecular flexibility index (Phi) is 3.80. The lowest BCUT2D eigenvalue weighted by Gasteiger charge is -2.12. The molecule has 0 amide bonds. The largest absolute Gasteiger partial charge is 0.416 e. The summed E-state index contributed by atoms with van der Waals surface area (Å²) in [7, 11) is 0. The molecule has 5 heteroatoms. The summed E-state index contributed by atoms with van der Waals surface area (Å²) < 4.78 is 37.3. The van der Waals surface area contributed by atoms with Gasteiger partial charge in [-0.15, -0.1) is 0 Å². The maximum atomic E-state index is 12.4. The number of aryl methyl sites for hydroxylation is 1. The molecule has 0 saturated carbocycles. The van der Waals surface area contributed by atoms with E-state index in [4.69, 9.17) is 11.5 Å². The third-order valence-corrected chi connectivity index (χ3v) is 2.34. The molecule has 0 spiro atoms. The van der Waals surface area contributed by atoms with Crippen molar-refractivity contribution in [2.24, 2.45) is 5.73 Å². The zero-order chi connectivity index (χ0) is 12.3. The first-order valence-corrected chi connectivity index (χ1v) is 5.02. The number of halogens is 3. The van der Waals surface area contributed by atoms with Crippen LogP contribution in [0.4, 0.5) is 18.9 Å². The minimum Gasteiger partial charge on any atom is -0.399 e. The lowest BCUT2D eigenvalue weighted by molar-refractivity contribution is -0.137. The van der Waals surface area contributed by atoms with E-state index in [2.05, 4.69) is 0 Å². The summed E-state index contributed by atoms with van der Waals surface area (Å²) in [6.45, 7) is 1.81. The fourth-order valence-electron chi connectivity index (χ4n) is 1.38. The quantitative estimate of drug-likeness (QED) is 0.787. The van der Waals surface area contributed by atoms with Crippen LogP contribution in [0.5, 0.6) is 0 Å². The second kappa shape index (κ2) is 4.74. The van der Waals surface area contributed by atoms with Gasteiger partial charge in [-0.1, -0.05) is 0 Å². The Balaban J connectivity index is 2.91. The average Bonchev–Trinajstić information content (AvgIpc) is 2.14. The van der Waals surface area contributed by atoms with Crippen LogP contribution in [0.3, 0.4) is 0 Å². The molecule has 16 heavy (non-hydrogen) atoms. The molecule has 4 N–H and O–H groups in total. The first-order valence-electron chi connectivity index (χ1n) is 5.02. The van der Waals surface area contributed by atoms with Gasteiger partial charge in [-0.2, -0.15) is 13.2 Å². The van der Waals surface area contributed by atoms with Crippen molar-refractivity contribution in [3.63, 3.8) is 0 Å². The van der Waals surface area contributed by atoms with E-state index in [0.29, 0.717) is 24.1 Å². The maximum absolute atomic E-state index is 12.4. The zero-order valence-electron chi connectivity index (χ0n) is 9.01. The van der Waals surface area contributed by atoms with Gasteiger partial charge in [-0.05, 0) is 43.5 Å². The van der Waals surface area contributed by atoms with E-state index in [0.717, 1.165) is 12.1 Å². The summed E-state index contributed by atoms with van der Waals surface area (Å²) in [4.78, 5) is 0. The Morgan fingerprint density at radius 1 is 1.31 bits per heavy atom. The van der Waals surface area contributed by atoms with Crippen LogP contribution in [-0.2, 0) is 12.6 Å². The number of rotatable bonds is 3. The minimum atomic E-state index is -4.32. The van der Waals surface area contributed by atoms with Crippen molar-refractivity contribution in [1.29, 1.82) is 0 Å². The number of hydrogen-bond donors (Lipinski definition) is 2. The van der Waals surface area contributed by atoms with Crippen LogP contribution in [0.1, 0.15) is 24.5 Å². The van der Waals surface area contributed by atoms with Crippen LogP contribution in [0.2, 0.25) is 0 Å². The Hall–Kier alpha value is -1.23. The molecule has 2 nitrogen and oxygen atoms in total. The summed E-state index contributed by atoms with van der Waals surface area (Å²) in [5, 5.41) is 0. The maximum Gasteiger partial charge on any atom is 0.416 e. The van der Waals surface area contributed by atoms with Gasteiger partial charge in [0.25, 0.3) is 0 Å². The highest BCUT2D eigenvalue weighted by Gasteiger charge is 2.30. The second-order valence-electron chi connectivity index (χ2n) is 3.93. The van der Waals surface area contributed by atoms with Gasteiger partial charge in [0.05, 0.1) is 5.56 Å². The molecule has 0 fully saturated rings. The highest BCUT2D eigenvalue weighted by molar-refractivity contribution is 5.49. The van der Waals surface area contributed by atoms with Crippen LogP contribution < -0.4 is 11.5 Å². The van der Waals surface area contributed by atoms with Crippen molar-refractivity contribution in [2.75, 3.05) is 5.73 Å². The molecule has 0 aliphatic carbocycles. The number of nitrogens with two attached hydrogens (primary N) is 2. The highest BCUT2D eigenvalue weighted by atomic mass is 19.4. The van der Waals surface area contributed by atoms with Crippen molar-refractivity contribution in [1.82, 2.24) is 0 Å². The van der Waals surface area contributed by atoms with Gasteiger partial charge in [0.15, 0.2) is 0 Å². The molecule has 1 atom stereocenters. The first-order chi connectivity index (χ1) is 7.30. The molecular weight excluding hydrogens is 217 g/mol. The Morgan fingerprint density at radius 3 is 2.44 bits per heavy atom. The van der Waals surface area contributed by atoms with Crippen LogP contribution in [0.25, 0.3) is 0 Å². The fraction of sp³-hybridized carbons (Fsp3) is 0.455. The SMILES string of the molecule is CC(N)CCc1cc(C(F)(F)F)ccc1N. The summed E-state index contributed by atoms with van der Waals surface area (Å²) in [6, 6.07) is 3.33. The molecule has 0 heterocycles. The predicted octanol–water partition coefficient (Wildman–Crippen LogP) is 2.57. The molecular formula is C11H15F3N2. The zero-order valence-corrected chi connectivity index (χ0v) is 9.01. The van der Waals surface area contributed by atoms with E-state index in [9.17, 15) is 13.2 Å². The molecule has 1 unspecified atom stereocenters. The molecule has 0 aliphatic rings. The number of anilines is 1. The van der Waals surface area contributed by atoms with Crippen molar-refractivity contribution < 1.29 is 13.2 Å². The minimum absolute atomic E-state index is 0.0473. The first kappa shape index (κ1) is 12.8. The van der Waals surface area contributed by atoms with E-state index in [1.807, 2.05) is 6.92 Å². The van der Waals surface area contributed by atoms with Crippen molar-refractivity contribution in [3.8, 4) is 0 Å². The smallest absolute Gasteiger partial charge is 0.399 e. The van der Waals surface area contributed by atoms with Crippen molar-refractivity contribution in [3.05, 3.63) is 29.3 Å². The summed E-state index contributed by atoms with van der Waals surface area (Å²) in [6.07, 6.45) is -3.24. The van der Waals surface area contributed by atoms with E-state index in [1.165, 1.54) is 6.07 Å². The summed E-state index contributed by atoms with van der Waals surface area (Å²) >= 11 is 0. The molecule has 0 aromatic heterocycles. The summed E-state index contributed by atoms with van der Waals surface area (Å²) in [5.41, 5.74) is 11.4. The third kappa shape index (κ3) is 3.41. The Labute approximate surface area is 92.4 Å². The van der Waals surface area contributed by atoms with Gasteiger partial charge >= 0.3 is 6.18 Å². The highest BCUT2D eigenvalue weighted by Crippen LogP contribution is 2.31. The van der Waals surface area contributed by atoms with Gasteiger partial charge in [-0.3, -0.25) is 0 Å². The molecule has 90 valence electrons. The number of nitrogen functional groups attached to an aromatic ring is 1. The van der Waals surface area contributed by atoms with Crippen molar-refractivity contribution >= 4 is 5.69 Å². The van der Waals surface area contributed by atoms with E-state index >= 15 is 0 Å². The topological polar surface area (TPSA) is 52.0 Å². The average molecular weight is 232 g/mol. The van der Waals surface area contributed by atoms with Crippen LogP contribution >= 0.6 is 0 Å². The molecule has 1 rings (SSSR count). The van der Waals surface area contributed by atoms with Gasteiger partial charge in [0, 0.05) is 11.7 Å². The van der Waals surface area contributed by atoms with Gasteiger partial charge in [0.1, 0.15) is 0 Å². The Bertz CT molecular complexity index is 359. The number of hydrogen-bond acceptors (Lipinski definition) is 2. The van der Waals surface area contributed by atoms with Gasteiger partial charge < -0.3 is 11.5 Å². The number of benzene rings is 1. The lowest BCUT2D eigenvalue weighted by Crippen LogP contribution is -2.16. The van der Waals surface area contributed by atoms with Crippen LogP contribution in [0, 0.1) is 0 Å². The lowest BCUT2D eigenvalue weighted by atomic mass is 10.0. The molecule has 0 bridgehead atoms. The Morgan fingerprint density at radius 2 is 1.94 bits per heavy atom. The normalized spacial score (nSPS) is 13.8. The van der Waals surface area contributed by atoms with Gasteiger partial charge in [0.2, 0.25) is 0 Å². The molecule has 1 aromatic rings. The van der Waals surface area contributed by atoms with E-state index in [-0.39, 0.29) is 6.04 Å². The fourth-order valence-corrected chi connectivity index (χ4v) is 1.38. The van der Waals surface area contributed by atoms with E-state index < -0.39 is 11.7 Å². The third-order valence-electron chi connectivity index (χ3n) is 2.34. The second-order valence-corrected chi connectivity index (χ2v) is 3.93. The van der Waals surface area contributed by atoms with Crippen LogP contribution in [-0.4, -0.2) is 6.04 Å². The predicted molar refractivity (Wildman–Crippen MR) is 57.8 cm³/mol. The molecule has 0 radical (unpaired) electrons.